The molecule has 9 nitrogen and oxygen atoms in total. The molecular formula is C25H42N2O7. The number of esters is 1. The summed E-state index contributed by atoms with van der Waals surface area (Å²) in [7, 11) is 0. The lowest BCUT2D eigenvalue weighted by Crippen LogP contribution is -2.47. The van der Waals surface area contributed by atoms with Gasteiger partial charge in [-0.3, -0.25) is 28.8 Å². The second-order valence-corrected chi connectivity index (χ2v) is 11.1. The minimum atomic E-state index is -0.865. The van der Waals surface area contributed by atoms with Crippen LogP contribution in [-0.4, -0.2) is 48.6 Å². The monoisotopic (exact) mass is 482 g/mol. The first-order chi connectivity index (χ1) is 15.7. The van der Waals surface area contributed by atoms with Crippen LogP contribution in [0.4, 0.5) is 0 Å². The van der Waals surface area contributed by atoms with Crippen LogP contribution in [0.2, 0.25) is 0 Å². The summed E-state index contributed by atoms with van der Waals surface area (Å²) in [4.78, 5) is 67.7. The number of rotatable bonds is 11. The molecule has 1 aliphatic heterocycles. The van der Waals surface area contributed by atoms with Gasteiger partial charge in [-0.15, -0.1) is 0 Å². The number of nitrogens with one attached hydrogen (secondary N) is 2. The van der Waals surface area contributed by atoms with Crippen molar-refractivity contribution in [2.75, 3.05) is 13.2 Å². The molecule has 3 atom stereocenters. The molecule has 0 saturated carbocycles. The van der Waals surface area contributed by atoms with E-state index in [4.69, 9.17) is 9.57 Å². The molecule has 0 aromatic carbocycles. The fourth-order valence-corrected chi connectivity index (χ4v) is 3.65. The van der Waals surface area contributed by atoms with E-state index in [1.54, 1.807) is 0 Å². The molecule has 9 heteroatoms. The standard InChI is InChI=1S/C25H42N2O7/c1-15(2)11-19(20(28)12-17-9-8-10-34-27-24(32)22(17)30)26-23(31)18(16(3)4)13-21(29)33-14-25(5,6)7/h15-19H,8-14H2,1-7H3,(H,26,31)(H,27,32). The van der Waals surface area contributed by atoms with Gasteiger partial charge in [-0.05, 0) is 36.5 Å². The summed E-state index contributed by atoms with van der Waals surface area (Å²) in [5.74, 6) is -4.15. The lowest BCUT2D eigenvalue weighted by atomic mass is 9.87. The highest BCUT2D eigenvalue weighted by Gasteiger charge is 2.34. The highest BCUT2D eigenvalue weighted by Crippen LogP contribution is 2.22. The normalized spacial score (nSPS) is 19.1. The predicted octanol–water partition coefficient (Wildman–Crippen LogP) is 2.76. The van der Waals surface area contributed by atoms with Crippen molar-refractivity contribution < 1.29 is 33.5 Å². The van der Waals surface area contributed by atoms with Crippen molar-refractivity contribution in [1.82, 2.24) is 10.8 Å². The summed E-state index contributed by atoms with van der Waals surface area (Å²) in [5.41, 5.74) is 1.90. The largest absolute Gasteiger partial charge is 0.465 e. The lowest BCUT2D eigenvalue weighted by Gasteiger charge is -2.26. The van der Waals surface area contributed by atoms with E-state index in [9.17, 15) is 24.0 Å². The van der Waals surface area contributed by atoms with Gasteiger partial charge in [0.25, 0.3) is 0 Å². The van der Waals surface area contributed by atoms with Crippen LogP contribution in [0.1, 0.15) is 80.6 Å². The van der Waals surface area contributed by atoms with Gasteiger partial charge in [0.05, 0.1) is 31.6 Å². The molecule has 0 aliphatic carbocycles. The number of ether oxygens (including phenoxy) is 1. The molecule has 34 heavy (non-hydrogen) atoms. The predicted molar refractivity (Wildman–Crippen MR) is 126 cm³/mol. The van der Waals surface area contributed by atoms with Crippen LogP contribution in [0.5, 0.6) is 0 Å². The maximum atomic E-state index is 13.1. The second-order valence-electron chi connectivity index (χ2n) is 11.1. The summed E-state index contributed by atoms with van der Waals surface area (Å²) in [6, 6.07) is -0.808. The molecule has 0 bridgehead atoms. The molecule has 194 valence electrons. The highest BCUT2D eigenvalue weighted by molar-refractivity contribution is 6.37. The van der Waals surface area contributed by atoms with Crippen molar-refractivity contribution in [2.24, 2.45) is 29.1 Å². The molecule has 2 N–H and O–H groups in total. The van der Waals surface area contributed by atoms with Crippen LogP contribution < -0.4 is 10.8 Å². The summed E-state index contributed by atoms with van der Waals surface area (Å²) in [6.07, 6.45) is 1.05. The molecule has 2 amide bonds. The molecule has 1 aliphatic rings. The molecule has 3 unspecified atom stereocenters. The van der Waals surface area contributed by atoms with Gasteiger partial charge < -0.3 is 10.1 Å². The highest BCUT2D eigenvalue weighted by atomic mass is 16.7. The van der Waals surface area contributed by atoms with Crippen molar-refractivity contribution >= 4 is 29.4 Å². The van der Waals surface area contributed by atoms with Crippen LogP contribution >= 0.6 is 0 Å². The zero-order valence-corrected chi connectivity index (χ0v) is 21.7. The fourth-order valence-electron chi connectivity index (χ4n) is 3.65. The second kappa shape index (κ2) is 13.6. The van der Waals surface area contributed by atoms with Gasteiger partial charge in [0.15, 0.2) is 5.78 Å². The average Bonchev–Trinajstić information content (AvgIpc) is 2.71. The third kappa shape index (κ3) is 10.8. The van der Waals surface area contributed by atoms with Gasteiger partial charge in [0.1, 0.15) is 0 Å². The maximum absolute atomic E-state index is 13.1. The number of ketones is 2. The first-order valence-corrected chi connectivity index (χ1v) is 12.2. The Morgan fingerprint density at radius 3 is 2.35 bits per heavy atom. The molecule has 1 rings (SSSR count). The van der Waals surface area contributed by atoms with E-state index in [1.165, 1.54) is 0 Å². The zero-order chi connectivity index (χ0) is 26.1. The molecule has 1 saturated heterocycles. The van der Waals surface area contributed by atoms with Crippen LogP contribution in [0, 0.1) is 29.1 Å². The minimum Gasteiger partial charge on any atom is -0.465 e. The van der Waals surface area contributed by atoms with E-state index in [1.807, 2.05) is 48.5 Å². The van der Waals surface area contributed by atoms with Gasteiger partial charge in [0, 0.05) is 12.3 Å². The lowest BCUT2D eigenvalue weighted by molar-refractivity contribution is -0.151. The Hall–Kier alpha value is -2.29. The number of Topliss-reactive ketones (excluding diaryl/α,β-unsaturated/α-hetero) is 2. The number of amides is 2. The Kier molecular flexibility index (Phi) is 11.9. The first-order valence-electron chi connectivity index (χ1n) is 12.2. The van der Waals surface area contributed by atoms with Gasteiger partial charge in [0.2, 0.25) is 11.7 Å². The van der Waals surface area contributed by atoms with Gasteiger partial charge in [-0.2, -0.15) is 0 Å². The Morgan fingerprint density at radius 1 is 1.15 bits per heavy atom. The quantitative estimate of drug-likeness (QED) is 0.342. The van der Waals surface area contributed by atoms with E-state index < -0.39 is 41.4 Å². The third-order valence-corrected chi connectivity index (χ3v) is 5.61. The molecule has 0 radical (unpaired) electrons. The van der Waals surface area contributed by atoms with Crippen LogP contribution in [-0.2, 0) is 33.5 Å². The van der Waals surface area contributed by atoms with Gasteiger partial charge in [-0.1, -0.05) is 48.5 Å². The van der Waals surface area contributed by atoms with E-state index in [0.717, 1.165) is 0 Å². The van der Waals surface area contributed by atoms with Crippen LogP contribution in [0.15, 0.2) is 0 Å². The number of hydrogen-bond donors (Lipinski definition) is 2. The molecule has 1 fully saturated rings. The summed E-state index contributed by atoms with van der Waals surface area (Å²) >= 11 is 0. The number of carbonyl (C=O) groups is 5. The summed E-state index contributed by atoms with van der Waals surface area (Å²) in [6.45, 7) is 13.9. The number of carbonyl (C=O) groups excluding carboxylic acids is 5. The summed E-state index contributed by atoms with van der Waals surface area (Å²) in [5, 5.41) is 2.82. The third-order valence-electron chi connectivity index (χ3n) is 5.61. The zero-order valence-electron chi connectivity index (χ0n) is 21.7. The maximum Gasteiger partial charge on any atom is 0.311 e. The molecule has 0 spiro atoms. The molecule has 0 aromatic heterocycles. The number of hydroxylamine groups is 1. The van der Waals surface area contributed by atoms with Crippen molar-refractivity contribution in [3.05, 3.63) is 0 Å². The Morgan fingerprint density at radius 2 is 1.79 bits per heavy atom. The minimum absolute atomic E-state index is 0.0799. The Balaban J connectivity index is 2.89. The topological polar surface area (TPSA) is 128 Å². The van der Waals surface area contributed by atoms with Crippen molar-refractivity contribution in [3.63, 3.8) is 0 Å². The molecule has 0 aromatic rings. The average molecular weight is 483 g/mol. The van der Waals surface area contributed by atoms with Crippen LogP contribution in [0.25, 0.3) is 0 Å². The smallest absolute Gasteiger partial charge is 0.311 e. The fraction of sp³-hybridized carbons (Fsp3) is 0.800. The van der Waals surface area contributed by atoms with Crippen molar-refractivity contribution in [2.45, 2.75) is 86.6 Å². The SMILES string of the molecule is CC(C)CC(NC(=O)C(CC(=O)OCC(C)(C)C)C(C)C)C(=O)CC1CCCONC(=O)C1=O. The van der Waals surface area contributed by atoms with E-state index in [-0.39, 0.29) is 49.1 Å². The van der Waals surface area contributed by atoms with Crippen molar-refractivity contribution in [3.8, 4) is 0 Å². The first kappa shape index (κ1) is 29.7. The van der Waals surface area contributed by atoms with Gasteiger partial charge in [-0.25, -0.2) is 5.48 Å². The van der Waals surface area contributed by atoms with E-state index in [2.05, 4.69) is 10.8 Å². The molecule has 1 heterocycles. The van der Waals surface area contributed by atoms with Crippen molar-refractivity contribution in [1.29, 1.82) is 0 Å². The summed E-state index contributed by atoms with van der Waals surface area (Å²) < 4.78 is 5.33. The van der Waals surface area contributed by atoms with Crippen LogP contribution in [0.3, 0.4) is 0 Å². The Bertz CT molecular complexity index is 740. The van der Waals surface area contributed by atoms with Gasteiger partial charge >= 0.3 is 11.9 Å². The van der Waals surface area contributed by atoms with E-state index in [0.29, 0.717) is 19.3 Å². The Labute approximate surface area is 203 Å². The number of hydrogen-bond acceptors (Lipinski definition) is 7. The molecular weight excluding hydrogens is 440 g/mol. The van der Waals surface area contributed by atoms with E-state index >= 15 is 0 Å².